The molecule has 1 heterocycles. The zero-order chi connectivity index (χ0) is 9.84. The van der Waals surface area contributed by atoms with E-state index in [0.29, 0.717) is 5.92 Å². The zero-order valence-corrected chi connectivity index (χ0v) is 8.42. The van der Waals surface area contributed by atoms with Crippen molar-refractivity contribution in [3.8, 4) is 0 Å². The van der Waals surface area contributed by atoms with Gasteiger partial charge in [0.05, 0.1) is 6.04 Å². The molecule has 2 atom stereocenters. The second kappa shape index (κ2) is 4.58. The lowest BCUT2D eigenvalue weighted by atomic mass is 10.0. The highest BCUT2D eigenvalue weighted by Crippen LogP contribution is 2.25. The third-order valence-electron chi connectivity index (χ3n) is 2.78. The molecule has 13 heavy (non-hydrogen) atoms. The monoisotopic (exact) mass is 185 g/mol. The molecular formula is C9H19N3O. The van der Waals surface area contributed by atoms with Crippen LogP contribution in [0.3, 0.4) is 0 Å². The van der Waals surface area contributed by atoms with Crippen LogP contribution in [0.25, 0.3) is 0 Å². The standard InChI is InChI=1S/C9H19N3O/c1-3-4-7-5-8(9(13)11-10)12(2)6-7/h7-8H,3-6,10H2,1-2H3,(H,11,13). The molecule has 1 aliphatic rings. The van der Waals surface area contributed by atoms with E-state index in [-0.39, 0.29) is 11.9 Å². The van der Waals surface area contributed by atoms with Gasteiger partial charge in [0.15, 0.2) is 0 Å². The average molecular weight is 185 g/mol. The molecule has 0 aliphatic carbocycles. The summed E-state index contributed by atoms with van der Waals surface area (Å²) in [5.41, 5.74) is 2.22. The maximum absolute atomic E-state index is 11.3. The molecule has 4 nitrogen and oxygen atoms in total. The maximum atomic E-state index is 11.3. The minimum atomic E-state index is -0.0545. The molecular weight excluding hydrogens is 166 g/mol. The molecule has 0 aromatic heterocycles. The quantitative estimate of drug-likeness (QED) is 0.372. The van der Waals surface area contributed by atoms with E-state index in [9.17, 15) is 4.79 Å². The number of likely N-dealkylation sites (N-methyl/N-ethyl adjacent to an activating group) is 1. The smallest absolute Gasteiger partial charge is 0.251 e. The molecule has 0 radical (unpaired) electrons. The highest BCUT2D eigenvalue weighted by Gasteiger charge is 2.33. The Kier molecular flexibility index (Phi) is 3.69. The van der Waals surface area contributed by atoms with E-state index in [1.54, 1.807) is 0 Å². The Morgan fingerprint density at radius 2 is 2.38 bits per heavy atom. The number of carbonyl (C=O) groups excluding carboxylic acids is 1. The number of nitrogens with one attached hydrogen (secondary N) is 1. The molecule has 1 aliphatic heterocycles. The van der Waals surface area contributed by atoms with Crippen LogP contribution >= 0.6 is 0 Å². The van der Waals surface area contributed by atoms with Crippen LogP contribution in [0.1, 0.15) is 26.2 Å². The van der Waals surface area contributed by atoms with Crippen molar-refractivity contribution >= 4 is 5.91 Å². The first-order valence-corrected chi connectivity index (χ1v) is 4.89. The van der Waals surface area contributed by atoms with Gasteiger partial charge in [0.2, 0.25) is 0 Å². The van der Waals surface area contributed by atoms with Gasteiger partial charge in [0.1, 0.15) is 0 Å². The Labute approximate surface area is 79.4 Å². The number of carbonyl (C=O) groups is 1. The molecule has 76 valence electrons. The Bertz CT molecular complexity index is 184. The Morgan fingerprint density at radius 3 is 2.92 bits per heavy atom. The van der Waals surface area contributed by atoms with Crippen LogP contribution < -0.4 is 11.3 Å². The van der Waals surface area contributed by atoms with Gasteiger partial charge in [-0.2, -0.15) is 0 Å². The summed E-state index contributed by atoms with van der Waals surface area (Å²) in [5, 5.41) is 0. The SMILES string of the molecule is CCCC1CC(C(=O)NN)N(C)C1. The highest BCUT2D eigenvalue weighted by molar-refractivity contribution is 5.81. The van der Waals surface area contributed by atoms with Crippen molar-refractivity contribution < 1.29 is 4.79 Å². The molecule has 2 unspecified atom stereocenters. The first-order chi connectivity index (χ1) is 6.19. The molecule has 1 fully saturated rings. The molecule has 1 saturated heterocycles. The lowest BCUT2D eigenvalue weighted by molar-refractivity contribution is -0.125. The van der Waals surface area contributed by atoms with Gasteiger partial charge in [-0.3, -0.25) is 15.1 Å². The van der Waals surface area contributed by atoms with Crippen LogP contribution in [-0.4, -0.2) is 30.4 Å². The van der Waals surface area contributed by atoms with E-state index < -0.39 is 0 Å². The van der Waals surface area contributed by atoms with Gasteiger partial charge in [0.25, 0.3) is 5.91 Å². The van der Waals surface area contributed by atoms with E-state index in [4.69, 9.17) is 5.84 Å². The number of rotatable bonds is 3. The summed E-state index contributed by atoms with van der Waals surface area (Å²) in [6, 6.07) is -0.0125. The van der Waals surface area contributed by atoms with Crippen LogP contribution in [0.15, 0.2) is 0 Å². The van der Waals surface area contributed by atoms with E-state index in [1.807, 2.05) is 7.05 Å². The van der Waals surface area contributed by atoms with Gasteiger partial charge in [-0.25, -0.2) is 5.84 Å². The third kappa shape index (κ3) is 2.42. The van der Waals surface area contributed by atoms with E-state index >= 15 is 0 Å². The summed E-state index contributed by atoms with van der Waals surface area (Å²) < 4.78 is 0. The second-order valence-corrected chi connectivity index (χ2v) is 3.85. The maximum Gasteiger partial charge on any atom is 0.251 e. The van der Waals surface area contributed by atoms with Crippen molar-refractivity contribution in [2.75, 3.05) is 13.6 Å². The fourth-order valence-corrected chi connectivity index (χ4v) is 2.13. The first-order valence-electron chi connectivity index (χ1n) is 4.89. The van der Waals surface area contributed by atoms with Crippen molar-refractivity contribution in [1.29, 1.82) is 0 Å². The average Bonchev–Trinajstić information content (AvgIpc) is 2.46. The minimum absolute atomic E-state index is 0.0125. The Balaban J connectivity index is 2.46. The molecule has 1 amide bonds. The molecule has 0 saturated carbocycles. The highest BCUT2D eigenvalue weighted by atomic mass is 16.2. The lowest BCUT2D eigenvalue weighted by Crippen LogP contribution is -2.44. The minimum Gasteiger partial charge on any atom is -0.295 e. The topological polar surface area (TPSA) is 58.4 Å². The van der Waals surface area contributed by atoms with E-state index in [1.165, 1.54) is 12.8 Å². The molecule has 0 aromatic rings. The number of nitrogens with zero attached hydrogens (tertiary/aromatic N) is 1. The Hall–Kier alpha value is -0.610. The molecule has 1 rings (SSSR count). The van der Waals surface area contributed by atoms with Gasteiger partial charge in [0, 0.05) is 6.54 Å². The van der Waals surface area contributed by atoms with Crippen LogP contribution in [-0.2, 0) is 4.79 Å². The third-order valence-corrected chi connectivity index (χ3v) is 2.78. The van der Waals surface area contributed by atoms with Crippen LogP contribution in [0.4, 0.5) is 0 Å². The van der Waals surface area contributed by atoms with Gasteiger partial charge >= 0.3 is 0 Å². The summed E-state index contributed by atoms with van der Waals surface area (Å²) in [4.78, 5) is 13.4. The van der Waals surface area contributed by atoms with Crippen molar-refractivity contribution in [3.63, 3.8) is 0 Å². The summed E-state index contributed by atoms with van der Waals surface area (Å²) in [6.07, 6.45) is 3.35. The van der Waals surface area contributed by atoms with Crippen LogP contribution in [0.2, 0.25) is 0 Å². The van der Waals surface area contributed by atoms with E-state index in [2.05, 4.69) is 17.2 Å². The van der Waals surface area contributed by atoms with Crippen molar-refractivity contribution in [2.45, 2.75) is 32.2 Å². The fourth-order valence-electron chi connectivity index (χ4n) is 2.13. The molecule has 0 aromatic carbocycles. The van der Waals surface area contributed by atoms with Gasteiger partial charge in [-0.15, -0.1) is 0 Å². The van der Waals surface area contributed by atoms with Crippen molar-refractivity contribution in [1.82, 2.24) is 10.3 Å². The summed E-state index contributed by atoms with van der Waals surface area (Å²) >= 11 is 0. The van der Waals surface area contributed by atoms with Gasteiger partial charge in [-0.1, -0.05) is 13.3 Å². The summed E-state index contributed by atoms with van der Waals surface area (Å²) in [7, 11) is 1.98. The van der Waals surface area contributed by atoms with E-state index in [0.717, 1.165) is 13.0 Å². The number of hydrazine groups is 1. The number of likely N-dealkylation sites (tertiary alicyclic amines) is 1. The number of nitrogens with two attached hydrogens (primary N) is 1. The summed E-state index contributed by atoms with van der Waals surface area (Å²) in [5.74, 6) is 5.72. The van der Waals surface area contributed by atoms with Crippen LogP contribution in [0.5, 0.6) is 0 Å². The van der Waals surface area contributed by atoms with Gasteiger partial charge in [-0.05, 0) is 25.8 Å². The second-order valence-electron chi connectivity index (χ2n) is 3.85. The van der Waals surface area contributed by atoms with Crippen molar-refractivity contribution in [3.05, 3.63) is 0 Å². The largest absolute Gasteiger partial charge is 0.295 e. The number of hydrogen-bond acceptors (Lipinski definition) is 3. The van der Waals surface area contributed by atoms with Gasteiger partial charge < -0.3 is 0 Å². The predicted molar refractivity (Wildman–Crippen MR) is 51.8 cm³/mol. The van der Waals surface area contributed by atoms with Crippen LogP contribution in [0, 0.1) is 5.92 Å². The number of hydrogen-bond donors (Lipinski definition) is 2. The first kappa shape index (κ1) is 10.5. The molecule has 3 N–H and O–H groups in total. The molecule has 0 bridgehead atoms. The normalized spacial score (nSPS) is 29.2. The lowest BCUT2D eigenvalue weighted by Gasteiger charge is -2.16. The predicted octanol–water partition coefficient (Wildman–Crippen LogP) is 0.0967. The fraction of sp³-hybridized carbons (Fsp3) is 0.889. The molecule has 4 heteroatoms. The van der Waals surface area contributed by atoms with Crippen molar-refractivity contribution in [2.24, 2.45) is 11.8 Å². The number of amides is 1. The zero-order valence-electron chi connectivity index (χ0n) is 8.42. The Morgan fingerprint density at radius 1 is 1.69 bits per heavy atom. The summed E-state index contributed by atoms with van der Waals surface area (Å²) in [6.45, 7) is 3.20. The molecule has 0 spiro atoms.